The van der Waals surface area contributed by atoms with Crippen LogP contribution in [0.5, 0.6) is 0 Å². The first-order valence-corrected chi connectivity index (χ1v) is 6.72. The number of carbonyl (C=O) groups excluding carboxylic acids is 1. The molecular weight excluding hydrogens is 200 g/mol. The molecule has 0 unspecified atom stereocenters. The molecule has 1 saturated carbocycles. The van der Waals surface area contributed by atoms with E-state index < -0.39 is 0 Å². The minimum absolute atomic E-state index is 0.0835. The first-order valence-electron chi connectivity index (χ1n) is 6.72. The van der Waals surface area contributed by atoms with Gasteiger partial charge in [0.2, 0.25) is 5.91 Å². The van der Waals surface area contributed by atoms with Gasteiger partial charge in [-0.3, -0.25) is 4.79 Å². The van der Waals surface area contributed by atoms with Crippen molar-refractivity contribution < 1.29 is 4.79 Å². The molecule has 16 heavy (non-hydrogen) atoms. The first kappa shape index (κ1) is 11.9. The summed E-state index contributed by atoms with van der Waals surface area (Å²) in [6, 6.07) is 0. The number of hydrogen-bond acceptors (Lipinski definition) is 2. The SMILES string of the molecule is CC1(NC(=O)C2CCNCC2)CCCCC1. The van der Waals surface area contributed by atoms with E-state index in [4.69, 9.17) is 0 Å². The molecule has 0 radical (unpaired) electrons. The fourth-order valence-corrected chi connectivity index (χ4v) is 2.94. The molecule has 2 rings (SSSR count). The van der Waals surface area contributed by atoms with Crippen LogP contribution in [-0.2, 0) is 4.79 Å². The topological polar surface area (TPSA) is 41.1 Å². The van der Waals surface area contributed by atoms with Crippen LogP contribution >= 0.6 is 0 Å². The molecule has 1 aliphatic carbocycles. The summed E-state index contributed by atoms with van der Waals surface area (Å²) in [5.74, 6) is 0.547. The number of hydrogen-bond donors (Lipinski definition) is 2. The Morgan fingerprint density at radius 3 is 2.44 bits per heavy atom. The van der Waals surface area contributed by atoms with Crippen LogP contribution in [0, 0.1) is 5.92 Å². The number of nitrogens with one attached hydrogen (secondary N) is 2. The third-order valence-electron chi connectivity index (χ3n) is 4.09. The van der Waals surface area contributed by atoms with E-state index in [-0.39, 0.29) is 11.5 Å². The molecule has 0 atom stereocenters. The molecule has 0 spiro atoms. The fraction of sp³-hybridized carbons (Fsp3) is 0.923. The predicted molar refractivity (Wildman–Crippen MR) is 65.2 cm³/mol. The molecule has 0 aromatic heterocycles. The number of piperidine rings is 1. The van der Waals surface area contributed by atoms with Crippen molar-refractivity contribution in [3.05, 3.63) is 0 Å². The van der Waals surface area contributed by atoms with Gasteiger partial charge in [0.05, 0.1) is 0 Å². The van der Waals surface area contributed by atoms with Gasteiger partial charge in [-0.15, -0.1) is 0 Å². The lowest BCUT2D eigenvalue weighted by Gasteiger charge is -2.36. The minimum Gasteiger partial charge on any atom is -0.351 e. The molecule has 1 saturated heterocycles. The quantitative estimate of drug-likeness (QED) is 0.751. The summed E-state index contributed by atoms with van der Waals surface area (Å²) in [4.78, 5) is 12.1. The van der Waals surface area contributed by atoms with Gasteiger partial charge in [0, 0.05) is 11.5 Å². The molecule has 2 aliphatic rings. The van der Waals surface area contributed by atoms with Gasteiger partial charge < -0.3 is 10.6 Å². The van der Waals surface area contributed by atoms with Gasteiger partial charge in [0.15, 0.2) is 0 Å². The molecular formula is C13H24N2O. The van der Waals surface area contributed by atoms with Gasteiger partial charge in [0.25, 0.3) is 0 Å². The fourth-order valence-electron chi connectivity index (χ4n) is 2.94. The van der Waals surface area contributed by atoms with Gasteiger partial charge >= 0.3 is 0 Å². The third-order valence-corrected chi connectivity index (χ3v) is 4.09. The Labute approximate surface area is 98.4 Å². The van der Waals surface area contributed by atoms with E-state index in [1.165, 1.54) is 19.3 Å². The van der Waals surface area contributed by atoms with Crippen molar-refractivity contribution in [3.63, 3.8) is 0 Å². The maximum atomic E-state index is 12.1. The molecule has 92 valence electrons. The number of rotatable bonds is 2. The highest BCUT2D eigenvalue weighted by atomic mass is 16.2. The second kappa shape index (κ2) is 5.17. The van der Waals surface area contributed by atoms with Crippen LogP contribution in [0.15, 0.2) is 0 Å². The molecule has 3 heteroatoms. The van der Waals surface area contributed by atoms with Crippen molar-refractivity contribution in [1.29, 1.82) is 0 Å². The smallest absolute Gasteiger partial charge is 0.223 e. The monoisotopic (exact) mass is 224 g/mol. The summed E-state index contributed by atoms with van der Waals surface area (Å²) in [5, 5.41) is 6.60. The summed E-state index contributed by atoms with van der Waals surface area (Å²) in [6.45, 7) is 4.20. The molecule has 3 nitrogen and oxygen atoms in total. The summed E-state index contributed by atoms with van der Waals surface area (Å²) < 4.78 is 0. The third kappa shape index (κ3) is 2.97. The van der Waals surface area contributed by atoms with Crippen molar-refractivity contribution in [2.24, 2.45) is 5.92 Å². The van der Waals surface area contributed by atoms with Gasteiger partial charge in [0.1, 0.15) is 0 Å². The van der Waals surface area contributed by atoms with Gasteiger partial charge in [-0.2, -0.15) is 0 Å². The molecule has 1 heterocycles. The van der Waals surface area contributed by atoms with Gasteiger partial charge in [-0.25, -0.2) is 0 Å². The van der Waals surface area contributed by atoms with Crippen molar-refractivity contribution in [1.82, 2.24) is 10.6 Å². The Kier molecular flexibility index (Phi) is 3.85. The predicted octanol–water partition coefficient (Wildman–Crippen LogP) is 1.82. The van der Waals surface area contributed by atoms with E-state index in [9.17, 15) is 4.79 Å². The van der Waals surface area contributed by atoms with Gasteiger partial charge in [-0.05, 0) is 45.7 Å². The number of amides is 1. The second-order valence-electron chi connectivity index (χ2n) is 5.63. The standard InChI is InChI=1S/C13H24N2O/c1-13(7-3-2-4-8-13)15-12(16)11-5-9-14-10-6-11/h11,14H,2-10H2,1H3,(H,15,16). The summed E-state index contributed by atoms with van der Waals surface area (Å²) >= 11 is 0. The van der Waals surface area contributed by atoms with Crippen molar-refractivity contribution in [3.8, 4) is 0 Å². The highest BCUT2D eigenvalue weighted by Crippen LogP contribution is 2.28. The summed E-state index contributed by atoms with van der Waals surface area (Å²) in [7, 11) is 0. The largest absolute Gasteiger partial charge is 0.351 e. The molecule has 0 aromatic carbocycles. The molecule has 1 aliphatic heterocycles. The Hall–Kier alpha value is -0.570. The highest BCUT2D eigenvalue weighted by Gasteiger charge is 2.31. The van der Waals surface area contributed by atoms with Crippen LogP contribution in [0.4, 0.5) is 0 Å². The highest BCUT2D eigenvalue weighted by molar-refractivity contribution is 5.79. The minimum atomic E-state index is 0.0835. The Bertz CT molecular complexity index is 240. The molecule has 0 bridgehead atoms. The van der Waals surface area contributed by atoms with Crippen LogP contribution in [0.1, 0.15) is 51.9 Å². The van der Waals surface area contributed by atoms with E-state index in [1.807, 2.05) is 0 Å². The van der Waals surface area contributed by atoms with Crippen LogP contribution in [-0.4, -0.2) is 24.5 Å². The Morgan fingerprint density at radius 1 is 1.19 bits per heavy atom. The van der Waals surface area contributed by atoms with Crippen LogP contribution in [0.25, 0.3) is 0 Å². The zero-order chi connectivity index (χ0) is 11.4. The Balaban J connectivity index is 1.85. The van der Waals surface area contributed by atoms with E-state index in [0.29, 0.717) is 5.91 Å². The second-order valence-corrected chi connectivity index (χ2v) is 5.63. The van der Waals surface area contributed by atoms with Crippen molar-refractivity contribution in [2.75, 3.05) is 13.1 Å². The molecule has 0 aromatic rings. The zero-order valence-electron chi connectivity index (χ0n) is 10.3. The summed E-state index contributed by atoms with van der Waals surface area (Å²) in [5.41, 5.74) is 0.0835. The molecule has 2 N–H and O–H groups in total. The van der Waals surface area contributed by atoms with Crippen LogP contribution in [0.3, 0.4) is 0 Å². The lowest BCUT2D eigenvalue weighted by molar-refractivity contribution is -0.128. The summed E-state index contributed by atoms with van der Waals surface area (Å²) in [6.07, 6.45) is 8.18. The average Bonchev–Trinajstić information content (AvgIpc) is 2.30. The van der Waals surface area contributed by atoms with E-state index in [2.05, 4.69) is 17.6 Å². The maximum absolute atomic E-state index is 12.1. The van der Waals surface area contributed by atoms with Crippen LogP contribution < -0.4 is 10.6 Å². The maximum Gasteiger partial charge on any atom is 0.223 e. The zero-order valence-corrected chi connectivity index (χ0v) is 10.3. The van der Waals surface area contributed by atoms with E-state index in [0.717, 1.165) is 38.8 Å². The molecule has 2 fully saturated rings. The molecule has 1 amide bonds. The normalized spacial score (nSPS) is 26.3. The van der Waals surface area contributed by atoms with Crippen molar-refractivity contribution in [2.45, 2.75) is 57.4 Å². The van der Waals surface area contributed by atoms with Gasteiger partial charge in [-0.1, -0.05) is 19.3 Å². The lowest BCUT2D eigenvalue weighted by atomic mass is 9.82. The van der Waals surface area contributed by atoms with Crippen LogP contribution in [0.2, 0.25) is 0 Å². The number of carbonyl (C=O) groups is 1. The van der Waals surface area contributed by atoms with Crippen molar-refractivity contribution >= 4 is 5.91 Å². The van der Waals surface area contributed by atoms with E-state index in [1.54, 1.807) is 0 Å². The Morgan fingerprint density at radius 2 is 1.81 bits per heavy atom. The average molecular weight is 224 g/mol. The lowest BCUT2D eigenvalue weighted by Crippen LogP contribution is -2.50. The first-order chi connectivity index (χ1) is 7.70. The van der Waals surface area contributed by atoms with E-state index >= 15 is 0 Å².